The third-order valence-electron chi connectivity index (χ3n) is 2.93. The number of carbonyl (C=O) groups is 1. The largest absolute Gasteiger partial charge is 0.466 e. The number of hydrogen-bond acceptors (Lipinski definition) is 3. The van der Waals surface area contributed by atoms with E-state index in [1.807, 2.05) is 30.3 Å². The van der Waals surface area contributed by atoms with Gasteiger partial charge in [-0.25, -0.2) is 0 Å². The van der Waals surface area contributed by atoms with Crippen molar-refractivity contribution in [1.82, 2.24) is 0 Å². The standard InChI is InChI=1S/C14H20O3/c1-3-17-13(16)14(2,11-15)10-9-12-7-5-4-6-8-12/h4-8,15H,3,9-11H2,1-2H3/t14-/m0/s1. The van der Waals surface area contributed by atoms with Crippen molar-refractivity contribution in [2.45, 2.75) is 26.7 Å². The van der Waals surface area contributed by atoms with E-state index in [2.05, 4.69) is 0 Å². The zero-order valence-corrected chi connectivity index (χ0v) is 10.5. The van der Waals surface area contributed by atoms with Crippen LogP contribution >= 0.6 is 0 Å². The number of aryl methyl sites for hydroxylation is 1. The quantitative estimate of drug-likeness (QED) is 0.770. The average Bonchev–Trinajstić information content (AvgIpc) is 2.37. The highest BCUT2D eigenvalue weighted by atomic mass is 16.5. The lowest BCUT2D eigenvalue weighted by molar-refractivity contribution is -0.157. The zero-order valence-electron chi connectivity index (χ0n) is 10.5. The van der Waals surface area contributed by atoms with Crippen molar-refractivity contribution in [3.8, 4) is 0 Å². The first kappa shape index (κ1) is 13.7. The molecular weight excluding hydrogens is 216 g/mol. The Morgan fingerprint density at radius 1 is 1.35 bits per heavy atom. The maximum Gasteiger partial charge on any atom is 0.314 e. The minimum Gasteiger partial charge on any atom is -0.466 e. The molecule has 1 atom stereocenters. The molecule has 1 N–H and O–H groups in total. The molecule has 1 aromatic carbocycles. The maximum absolute atomic E-state index is 11.7. The van der Waals surface area contributed by atoms with E-state index < -0.39 is 5.41 Å². The van der Waals surface area contributed by atoms with E-state index >= 15 is 0 Å². The van der Waals surface area contributed by atoms with E-state index in [1.165, 1.54) is 0 Å². The molecule has 0 amide bonds. The van der Waals surface area contributed by atoms with Gasteiger partial charge >= 0.3 is 5.97 Å². The highest BCUT2D eigenvalue weighted by molar-refractivity contribution is 5.76. The van der Waals surface area contributed by atoms with Gasteiger partial charge in [0.25, 0.3) is 0 Å². The molecule has 0 saturated heterocycles. The smallest absolute Gasteiger partial charge is 0.314 e. The van der Waals surface area contributed by atoms with Crippen LogP contribution in [0.5, 0.6) is 0 Å². The third-order valence-corrected chi connectivity index (χ3v) is 2.93. The van der Waals surface area contributed by atoms with Crippen molar-refractivity contribution in [2.75, 3.05) is 13.2 Å². The molecule has 94 valence electrons. The Hall–Kier alpha value is -1.35. The molecule has 0 aromatic heterocycles. The van der Waals surface area contributed by atoms with E-state index in [1.54, 1.807) is 13.8 Å². The van der Waals surface area contributed by atoms with Crippen molar-refractivity contribution in [3.63, 3.8) is 0 Å². The molecule has 3 heteroatoms. The van der Waals surface area contributed by atoms with Crippen LogP contribution in [0, 0.1) is 5.41 Å². The number of benzene rings is 1. The van der Waals surface area contributed by atoms with Gasteiger partial charge in [-0.05, 0) is 32.3 Å². The molecule has 1 rings (SSSR count). The molecule has 0 spiro atoms. The Labute approximate surface area is 102 Å². The number of hydrogen-bond donors (Lipinski definition) is 1. The first-order chi connectivity index (χ1) is 8.12. The molecule has 0 radical (unpaired) electrons. The van der Waals surface area contributed by atoms with Gasteiger partial charge in [-0.2, -0.15) is 0 Å². The van der Waals surface area contributed by atoms with E-state index in [4.69, 9.17) is 4.74 Å². The van der Waals surface area contributed by atoms with Crippen molar-refractivity contribution in [3.05, 3.63) is 35.9 Å². The van der Waals surface area contributed by atoms with Gasteiger partial charge in [0, 0.05) is 0 Å². The fourth-order valence-corrected chi connectivity index (χ4v) is 1.62. The van der Waals surface area contributed by atoms with Crippen molar-refractivity contribution in [2.24, 2.45) is 5.41 Å². The lowest BCUT2D eigenvalue weighted by atomic mass is 9.85. The summed E-state index contributed by atoms with van der Waals surface area (Å²) in [6, 6.07) is 9.93. The number of aliphatic hydroxyl groups is 1. The molecule has 0 bridgehead atoms. The Kier molecular flexibility index (Phi) is 5.16. The summed E-state index contributed by atoms with van der Waals surface area (Å²) in [6.07, 6.45) is 1.35. The second-order valence-electron chi connectivity index (χ2n) is 4.42. The number of esters is 1. The van der Waals surface area contributed by atoms with E-state index in [0.29, 0.717) is 13.0 Å². The second kappa shape index (κ2) is 6.40. The summed E-state index contributed by atoms with van der Waals surface area (Å²) in [4.78, 5) is 11.7. The molecule has 1 aromatic rings. The van der Waals surface area contributed by atoms with Crippen LogP contribution in [0.3, 0.4) is 0 Å². The van der Waals surface area contributed by atoms with Crippen molar-refractivity contribution < 1.29 is 14.6 Å². The number of rotatable bonds is 6. The predicted molar refractivity (Wildman–Crippen MR) is 66.6 cm³/mol. The van der Waals surface area contributed by atoms with Gasteiger partial charge in [-0.15, -0.1) is 0 Å². The van der Waals surface area contributed by atoms with Gasteiger partial charge < -0.3 is 9.84 Å². The lowest BCUT2D eigenvalue weighted by Crippen LogP contribution is -2.34. The SMILES string of the molecule is CCOC(=O)[C@](C)(CO)CCc1ccccc1. The van der Waals surface area contributed by atoms with Gasteiger partial charge in [-0.3, -0.25) is 4.79 Å². The van der Waals surface area contributed by atoms with Gasteiger partial charge in [0.1, 0.15) is 0 Å². The van der Waals surface area contributed by atoms with Gasteiger partial charge in [0.2, 0.25) is 0 Å². The minimum absolute atomic E-state index is 0.182. The summed E-state index contributed by atoms with van der Waals surface area (Å²) >= 11 is 0. The van der Waals surface area contributed by atoms with E-state index in [0.717, 1.165) is 12.0 Å². The molecular formula is C14H20O3. The summed E-state index contributed by atoms with van der Waals surface area (Å²) in [5, 5.41) is 9.36. The first-order valence-corrected chi connectivity index (χ1v) is 5.94. The second-order valence-corrected chi connectivity index (χ2v) is 4.42. The van der Waals surface area contributed by atoms with Crippen LogP contribution in [0.2, 0.25) is 0 Å². The van der Waals surface area contributed by atoms with Crippen LogP contribution in [-0.2, 0) is 16.0 Å². The highest BCUT2D eigenvalue weighted by Crippen LogP contribution is 2.25. The summed E-state index contributed by atoms with van der Waals surface area (Å²) in [5.41, 5.74) is 0.364. The van der Waals surface area contributed by atoms with Gasteiger partial charge in [0.05, 0.1) is 18.6 Å². The maximum atomic E-state index is 11.7. The van der Waals surface area contributed by atoms with Crippen LogP contribution in [0.25, 0.3) is 0 Å². The average molecular weight is 236 g/mol. The summed E-state index contributed by atoms with van der Waals surface area (Å²) in [7, 11) is 0. The van der Waals surface area contributed by atoms with Crippen LogP contribution in [0.15, 0.2) is 30.3 Å². The van der Waals surface area contributed by atoms with Crippen LogP contribution in [0.4, 0.5) is 0 Å². The summed E-state index contributed by atoms with van der Waals surface area (Å²) in [5.74, 6) is -0.321. The van der Waals surface area contributed by atoms with E-state index in [-0.39, 0.29) is 12.6 Å². The monoisotopic (exact) mass is 236 g/mol. The molecule has 0 aliphatic carbocycles. The molecule has 0 aliphatic rings. The Bertz CT molecular complexity index is 348. The Balaban J connectivity index is 2.60. The topological polar surface area (TPSA) is 46.5 Å². The Morgan fingerprint density at radius 3 is 2.53 bits per heavy atom. The highest BCUT2D eigenvalue weighted by Gasteiger charge is 2.33. The van der Waals surface area contributed by atoms with Crippen molar-refractivity contribution in [1.29, 1.82) is 0 Å². The number of aliphatic hydroxyl groups excluding tert-OH is 1. The van der Waals surface area contributed by atoms with Crippen molar-refractivity contribution >= 4 is 5.97 Å². The lowest BCUT2D eigenvalue weighted by Gasteiger charge is -2.24. The molecule has 17 heavy (non-hydrogen) atoms. The molecule has 0 saturated carbocycles. The number of carbonyl (C=O) groups excluding carboxylic acids is 1. The molecule has 0 aliphatic heterocycles. The molecule has 0 unspecified atom stereocenters. The normalized spacial score (nSPS) is 14.1. The molecule has 0 heterocycles. The molecule has 3 nitrogen and oxygen atoms in total. The summed E-state index contributed by atoms with van der Waals surface area (Å²) < 4.78 is 4.99. The molecule has 0 fully saturated rings. The minimum atomic E-state index is -0.800. The fraction of sp³-hybridized carbons (Fsp3) is 0.500. The first-order valence-electron chi connectivity index (χ1n) is 5.94. The predicted octanol–water partition coefficient (Wildman–Crippen LogP) is 2.18. The van der Waals surface area contributed by atoms with Crippen LogP contribution < -0.4 is 0 Å². The fourth-order valence-electron chi connectivity index (χ4n) is 1.62. The Morgan fingerprint density at radius 2 is 2.00 bits per heavy atom. The van der Waals surface area contributed by atoms with Crippen LogP contribution in [0.1, 0.15) is 25.8 Å². The van der Waals surface area contributed by atoms with Crippen LogP contribution in [-0.4, -0.2) is 24.3 Å². The third kappa shape index (κ3) is 3.86. The van der Waals surface area contributed by atoms with Gasteiger partial charge in [-0.1, -0.05) is 30.3 Å². The van der Waals surface area contributed by atoms with Gasteiger partial charge in [0.15, 0.2) is 0 Å². The number of ether oxygens (including phenoxy) is 1. The zero-order chi connectivity index (χ0) is 12.7. The summed E-state index contributed by atoms with van der Waals surface area (Å²) in [6.45, 7) is 3.68. The van der Waals surface area contributed by atoms with E-state index in [9.17, 15) is 9.90 Å².